The second-order valence-electron chi connectivity index (χ2n) is 8.34. The van der Waals surface area contributed by atoms with Crippen molar-refractivity contribution in [1.29, 1.82) is 0 Å². The number of nitrogens with zero attached hydrogens (tertiary/aromatic N) is 7. The highest BCUT2D eigenvalue weighted by molar-refractivity contribution is 5.99. The van der Waals surface area contributed by atoms with E-state index in [4.69, 9.17) is 0 Å². The van der Waals surface area contributed by atoms with Crippen LogP contribution in [0.4, 0.5) is 11.5 Å². The summed E-state index contributed by atoms with van der Waals surface area (Å²) in [6.45, 7) is 5.48. The Hall–Kier alpha value is -4.53. The molecule has 2 N–H and O–H groups in total. The van der Waals surface area contributed by atoms with E-state index in [-0.39, 0.29) is 0 Å². The van der Waals surface area contributed by atoms with Gasteiger partial charge in [0.25, 0.3) is 0 Å². The smallest absolute Gasteiger partial charge is 0.155 e. The van der Waals surface area contributed by atoms with Crippen LogP contribution in [0, 0.1) is 0 Å². The van der Waals surface area contributed by atoms with Crippen molar-refractivity contribution in [3.63, 3.8) is 0 Å². The number of pyridine rings is 3. The fourth-order valence-electron chi connectivity index (χ4n) is 3.93. The predicted octanol–water partition coefficient (Wildman–Crippen LogP) is 4.63. The van der Waals surface area contributed by atoms with Crippen LogP contribution >= 0.6 is 0 Å². The first-order valence-corrected chi connectivity index (χ1v) is 10.8. The molecule has 0 fully saturated rings. The minimum atomic E-state index is 0.722. The summed E-state index contributed by atoms with van der Waals surface area (Å²) in [5, 5.41) is 9.52. The number of allylic oxidation sites excluding steroid dienone is 1. The number of nitrogens with one attached hydrogen (secondary N) is 2. The van der Waals surface area contributed by atoms with Crippen molar-refractivity contribution in [2.24, 2.45) is 4.99 Å². The fourth-order valence-corrected chi connectivity index (χ4v) is 3.93. The van der Waals surface area contributed by atoms with Gasteiger partial charge in [-0.3, -0.25) is 15.1 Å². The normalized spacial score (nSPS) is 11.8. The molecule has 0 atom stereocenters. The average molecular weight is 452 g/mol. The summed E-state index contributed by atoms with van der Waals surface area (Å²) < 4.78 is 0. The zero-order valence-electron chi connectivity index (χ0n) is 19.5. The Kier molecular flexibility index (Phi) is 5.29. The van der Waals surface area contributed by atoms with Gasteiger partial charge in [-0.2, -0.15) is 5.10 Å². The molecule has 34 heavy (non-hydrogen) atoms. The van der Waals surface area contributed by atoms with E-state index in [2.05, 4.69) is 60.0 Å². The van der Waals surface area contributed by atoms with Gasteiger partial charge in [0.15, 0.2) is 5.65 Å². The fraction of sp³-hybridized carbons (Fsp3) is 0.160. The first kappa shape index (κ1) is 21.3. The lowest BCUT2D eigenvalue weighted by Crippen LogP contribution is -2.10. The molecule has 5 aromatic heterocycles. The maximum Gasteiger partial charge on any atom is 0.155 e. The molecule has 0 aromatic carbocycles. The van der Waals surface area contributed by atoms with Crippen LogP contribution in [0.25, 0.3) is 44.5 Å². The molecule has 5 rings (SSSR count). The largest absolute Gasteiger partial charge is 0.376 e. The lowest BCUT2D eigenvalue weighted by molar-refractivity contribution is 1.10. The molecular formula is C25H25N9. The highest BCUT2D eigenvalue weighted by Crippen LogP contribution is 2.33. The third-order valence-electron chi connectivity index (χ3n) is 5.74. The maximum atomic E-state index is 4.60. The van der Waals surface area contributed by atoms with E-state index in [0.29, 0.717) is 0 Å². The zero-order chi connectivity index (χ0) is 23.8. The quantitative estimate of drug-likeness (QED) is 0.365. The molecule has 0 saturated heterocycles. The molecule has 0 radical (unpaired) electrons. The molecule has 0 bridgehead atoms. The maximum absolute atomic E-state index is 4.60. The number of fused-ring (bicyclic) bond motifs is 2. The molecule has 0 aliphatic rings. The summed E-state index contributed by atoms with van der Waals surface area (Å²) in [4.78, 5) is 25.0. The van der Waals surface area contributed by atoms with Crippen molar-refractivity contribution < 1.29 is 0 Å². The highest BCUT2D eigenvalue weighted by atomic mass is 15.2. The van der Waals surface area contributed by atoms with Gasteiger partial charge in [-0.25, -0.2) is 9.97 Å². The number of rotatable bonds is 6. The van der Waals surface area contributed by atoms with Gasteiger partial charge < -0.3 is 14.8 Å². The first-order valence-electron chi connectivity index (χ1n) is 10.8. The SMILES string of the molecule is C=N/C(C)=C\N(C)c1nccc2[nH]c(-c3n[nH]c4ncc(-c5cncc(N(C)C)c5)cc34)cc12. The Morgan fingerprint density at radius 2 is 1.85 bits per heavy atom. The monoisotopic (exact) mass is 451 g/mol. The lowest BCUT2D eigenvalue weighted by Gasteiger charge is -2.14. The number of hydrogen-bond acceptors (Lipinski definition) is 7. The minimum Gasteiger partial charge on any atom is -0.376 e. The number of hydrogen-bond donors (Lipinski definition) is 2. The Labute approximate surface area is 196 Å². The van der Waals surface area contributed by atoms with Gasteiger partial charge >= 0.3 is 0 Å². The van der Waals surface area contributed by atoms with Gasteiger partial charge in [0.1, 0.15) is 11.5 Å². The Morgan fingerprint density at radius 1 is 1.03 bits per heavy atom. The van der Waals surface area contributed by atoms with Crippen LogP contribution in [0.2, 0.25) is 0 Å². The third kappa shape index (κ3) is 3.77. The van der Waals surface area contributed by atoms with Crippen LogP contribution in [0.1, 0.15) is 6.92 Å². The van der Waals surface area contributed by atoms with E-state index >= 15 is 0 Å². The van der Waals surface area contributed by atoms with Crippen LogP contribution in [0.3, 0.4) is 0 Å². The Bertz CT molecular complexity index is 1540. The second kappa shape index (κ2) is 8.43. The molecular weight excluding hydrogens is 426 g/mol. The van der Waals surface area contributed by atoms with Crippen molar-refractivity contribution in [1.82, 2.24) is 30.1 Å². The lowest BCUT2D eigenvalue weighted by atomic mass is 10.1. The topological polar surface area (TPSA) is 102 Å². The standard InChI is InChI=1S/C25H25N9/c1-15(26-2)14-34(5)25-19-10-22(30-21(19)6-7-28-25)23-20-9-17(12-29-24(20)32-31-23)16-8-18(33(3)4)13-27-11-16/h6-14,30H,2H2,1,3-5H3,(H,29,31,32)/b15-14-. The van der Waals surface area contributed by atoms with E-state index in [1.54, 1.807) is 6.20 Å². The first-order chi connectivity index (χ1) is 16.4. The van der Waals surface area contributed by atoms with E-state index in [0.717, 1.165) is 61.7 Å². The van der Waals surface area contributed by atoms with Crippen LogP contribution in [0.5, 0.6) is 0 Å². The van der Waals surface area contributed by atoms with E-state index < -0.39 is 0 Å². The van der Waals surface area contributed by atoms with Crippen molar-refractivity contribution in [2.75, 3.05) is 30.9 Å². The van der Waals surface area contributed by atoms with Crippen molar-refractivity contribution >= 4 is 40.2 Å². The van der Waals surface area contributed by atoms with Crippen molar-refractivity contribution in [3.05, 3.63) is 60.9 Å². The Balaban J connectivity index is 1.60. The van der Waals surface area contributed by atoms with Crippen LogP contribution in [-0.4, -0.2) is 58.0 Å². The van der Waals surface area contributed by atoms with Gasteiger partial charge in [0.2, 0.25) is 0 Å². The van der Waals surface area contributed by atoms with Gasteiger partial charge in [-0.15, -0.1) is 0 Å². The molecule has 0 saturated carbocycles. The molecule has 9 heteroatoms. The summed E-state index contributed by atoms with van der Waals surface area (Å²) >= 11 is 0. The van der Waals surface area contributed by atoms with E-state index in [1.165, 1.54) is 0 Å². The summed E-state index contributed by atoms with van der Waals surface area (Å²) in [6.07, 6.45) is 9.21. The van der Waals surface area contributed by atoms with Crippen molar-refractivity contribution in [3.8, 4) is 22.5 Å². The van der Waals surface area contributed by atoms with Gasteiger partial charge in [-0.1, -0.05) is 0 Å². The molecule has 0 amide bonds. The van der Waals surface area contributed by atoms with E-state index in [1.807, 2.05) is 68.7 Å². The third-order valence-corrected chi connectivity index (χ3v) is 5.74. The molecule has 170 valence electrons. The summed E-state index contributed by atoms with van der Waals surface area (Å²) in [5.74, 6) is 0.813. The van der Waals surface area contributed by atoms with Crippen LogP contribution in [-0.2, 0) is 0 Å². The molecule has 0 aliphatic carbocycles. The summed E-state index contributed by atoms with van der Waals surface area (Å²) in [5.41, 5.74) is 7.17. The van der Waals surface area contributed by atoms with Crippen LogP contribution < -0.4 is 9.80 Å². The van der Waals surface area contributed by atoms with Crippen LogP contribution in [0.15, 0.2) is 65.9 Å². The molecule has 0 spiro atoms. The van der Waals surface area contributed by atoms with E-state index in [9.17, 15) is 0 Å². The molecule has 5 aromatic rings. The molecule has 9 nitrogen and oxygen atoms in total. The zero-order valence-corrected chi connectivity index (χ0v) is 19.5. The Morgan fingerprint density at radius 3 is 2.65 bits per heavy atom. The highest BCUT2D eigenvalue weighted by Gasteiger charge is 2.16. The predicted molar refractivity (Wildman–Crippen MR) is 138 cm³/mol. The number of aromatic nitrogens is 6. The second-order valence-corrected chi connectivity index (χ2v) is 8.34. The molecule has 0 aliphatic heterocycles. The number of H-pyrrole nitrogens is 2. The van der Waals surface area contributed by atoms with Gasteiger partial charge in [0.05, 0.1) is 28.8 Å². The van der Waals surface area contributed by atoms with Crippen molar-refractivity contribution in [2.45, 2.75) is 6.92 Å². The number of aliphatic imine (C=N–C) groups is 1. The molecule has 5 heterocycles. The summed E-state index contributed by atoms with van der Waals surface area (Å²) in [6, 6.07) is 8.21. The number of anilines is 2. The van der Waals surface area contributed by atoms with Gasteiger partial charge in [-0.05, 0) is 37.9 Å². The molecule has 0 unspecified atom stereocenters. The average Bonchev–Trinajstić information content (AvgIpc) is 3.47. The van der Waals surface area contributed by atoms with Gasteiger partial charge in [0, 0.05) is 67.8 Å². The summed E-state index contributed by atoms with van der Waals surface area (Å²) in [7, 11) is 5.94. The minimum absolute atomic E-state index is 0.722. The number of aromatic amines is 2.